The van der Waals surface area contributed by atoms with E-state index < -0.39 is 23.8 Å². The number of hydrogen-bond donors (Lipinski definition) is 2. The Kier molecular flexibility index (Phi) is 9.30. The number of carbonyl (C=O) groups excluding carboxylic acids is 1. The van der Waals surface area contributed by atoms with Crippen LogP contribution < -0.4 is 0 Å². The SMILES string of the molecule is C=C(C(=O)OC)C(C=C(CC)C(=O)O)C=C(CCCC)C(=O)O. The van der Waals surface area contributed by atoms with Crippen LogP contribution in [-0.4, -0.2) is 35.2 Å². The van der Waals surface area contributed by atoms with Crippen LogP contribution in [0, 0.1) is 5.92 Å². The quantitative estimate of drug-likeness (QED) is 0.473. The molecule has 0 aromatic heterocycles. The van der Waals surface area contributed by atoms with Crippen molar-refractivity contribution in [2.45, 2.75) is 39.5 Å². The Balaban J connectivity index is 5.82. The predicted molar refractivity (Wildman–Crippen MR) is 85.9 cm³/mol. The molecule has 6 nitrogen and oxygen atoms in total. The molecule has 0 rings (SSSR count). The molecule has 1 unspecified atom stereocenters. The maximum atomic E-state index is 11.7. The van der Waals surface area contributed by atoms with Crippen molar-refractivity contribution in [3.8, 4) is 0 Å². The number of ether oxygens (including phenoxy) is 1. The number of esters is 1. The first-order chi connectivity index (χ1) is 10.8. The Morgan fingerprint density at radius 3 is 2.00 bits per heavy atom. The summed E-state index contributed by atoms with van der Waals surface area (Å²) in [6, 6.07) is 0. The van der Waals surface area contributed by atoms with E-state index in [1.165, 1.54) is 19.3 Å². The number of allylic oxidation sites excluding steroid dienone is 2. The number of carbonyl (C=O) groups is 3. The van der Waals surface area contributed by atoms with Gasteiger partial charge in [0, 0.05) is 22.6 Å². The number of carboxylic acids is 2. The van der Waals surface area contributed by atoms with E-state index in [1.54, 1.807) is 6.92 Å². The molecule has 0 bridgehead atoms. The van der Waals surface area contributed by atoms with E-state index in [0.29, 0.717) is 12.8 Å². The lowest BCUT2D eigenvalue weighted by Gasteiger charge is -2.13. The molecule has 0 saturated heterocycles. The summed E-state index contributed by atoms with van der Waals surface area (Å²) in [5.41, 5.74) is 0.200. The Labute approximate surface area is 136 Å². The summed E-state index contributed by atoms with van der Waals surface area (Å²) in [4.78, 5) is 34.2. The van der Waals surface area contributed by atoms with Crippen LogP contribution in [0.1, 0.15) is 39.5 Å². The molecule has 0 aliphatic heterocycles. The van der Waals surface area contributed by atoms with E-state index in [0.717, 1.165) is 6.42 Å². The molecule has 0 aromatic carbocycles. The van der Waals surface area contributed by atoms with E-state index in [1.807, 2.05) is 6.92 Å². The minimum Gasteiger partial charge on any atom is -0.478 e. The molecule has 0 aromatic rings. The predicted octanol–water partition coefficient (Wildman–Crippen LogP) is 2.95. The first kappa shape index (κ1) is 20.6. The minimum atomic E-state index is -1.12. The maximum absolute atomic E-state index is 11.7. The van der Waals surface area contributed by atoms with Gasteiger partial charge < -0.3 is 14.9 Å². The highest BCUT2D eigenvalue weighted by Crippen LogP contribution is 2.22. The standard InChI is InChI=1S/C17H24O6/c1-5-7-8-13(16(20)21)10-14(11(3)17(22)23-4)9-12(6-2)15(18)19/h9-10,14H,3,5-8H2,1-2,4H3,(H,18,19)(H,20,21). The highest BCUT2D eigenvalue weighted by atomic mass is 16.5. The summed E-state index contributed by atoms with van der Waals surface area (Å²) in [5.74, 6) is -3.75. The molecule has 0 aliphatic carbocycles. The van der Waals surface area contributed by atoms with Crippen LogP contribution in [0.4, 0.5) is 0 Å². The zero-order chi connectivity index (χ0) is 18.0. The second kappa shape index (κ2) is 10.4. The van der Waals surface area contributed by atoms with Crippen LogP contribution in [0.15, 0.2) is 35.5 Å². The Morgan fingerprint density at radius 2 is 1.61 bits per heavy atom. The van der Waals surface area contributed by atoms with Gasteiger partial charge in [0.2, 0.25) is 0 Å². The van der Waals surface area contributed by atoms with Gasteiger partial charge >= 0.3 is 17.9 Å². The lowest BCUT2D eigenvalue weighted by molar-refractivity contribution is -0.137. The fourth-order valence-electron chi connectivity index (χ4n) is 1.92. The molecule has 2 N–H and O–H groups in total. The molecular weight excluding hydrogens is 300 g/mol. The van der Waals surface area contributed by atoms with Gasteiger partial charge in [0.15, 0.2) is 0 Å². The van der Waals surface area contributed by atoms with Gasteiger partial charge in [0.1, 0.15) is 0 Å². The molecule has 0 saturated carbocycles. The minimum absolute atomic E-state index is 0.00468. The summed E-state index contributed by atoms with van der Waals surface area (Å²) in [6.45, 7) is 7.21. The summed E-state index contributed by atoms with van der Waals surface area (Å²) < 4.78 is 4.60. The molecule has 0 fully saturated rings. The van der Waals surface area contributed by atoms with E-state index >= 15 is 0 Å². The monoisotopic (exact) mass is 324 g/mol. The van der Waals surface area contributed by atoms with Crippen molar-refractivity contribution in [1.82, 2.24) is 0 Å². The van der Waals surface area contributed by atoms with E-state index in [2.05, 4.69) is 11.3 Å². The van der Waals surface area contributed by atoms with Gasteiger partial charge in [-0.05, 0) is 19.3 Å². The van der Waals surface area contributed by atoms with Gasteiger partial charge in [-0.15, -0.1) is 0 Å². The molecule has 23 heavy (non-hydrogen) atoms. The zero-order valence-electron chi connectivity index (χ0n) is 13.8. The molecule has 1 atom stereocenters. The number of methoxy groups -OCH3 is 1. The van der Waals surface area contributed by atoms with E-state index in [-0.39, 0.29) is 23.1 Å². The van der Waals surface area contributed by atoms with Crippen molar-refractivity contribution in [1.29, 1.82) is 0 Å². The highest BCUT2D eigenvalue weighted by Gasteiger charge is 2.20. The van der Waals surface area contributed by atoms with Crippen molar-refractivity contribution in [3.05, 3.63) is 35.5 Å². The van der Waals surface area contributed by atoms with Gasteiger partial charge in [-0.1, -0.05) is 39.0 Å². The average Bonchev–Trinajstić information content (AvgIpc) is 2.52. The number of carboxylic acid groups (broad SMARTS) is 2. The summed E-state index contributed by atoms with van der Waals surface area (Å²) in [7, 11) is 1.19. The normalized spacial score (nSPS) is 13.3. The van der Waals surface area contributed by atoms with Crippen LogP contribution >= 0.6 is 0 Å². The van der Waals surface area contributed by atoms with Crippen molar-refractivity contribution in [2.75, 3.05) is 7.11 Å². The Bertz CT molecular complexity index is 527. The topological polar surface area (TPSA) is 101 Å². The van der Waals surface area contributed by atoms with Gasteiger partial charge in [-0.3, -0.25) is 0 Å². The zero-order valence-corrected chi connectivity index (χ0v) is 13.8. The number of unbranched alkanes of at least 4 members (excludes halogenated alkanes) is 1. The lowest BCUT2D eigenvalue weighted by atomic mass is 9.92. The molecule has 128 valence electrons. The van der Waals surface area contributed by atoms with Crippen LogP contribution in [-0.2, 0) is 19.1 Å². The molecule has 0 aliphatic rings. The van der Waals surface area contributed by atoms with Gasteiger partial charge in [-0.25, -0.2) is 14.4 Å². The van der Waals surface area contributed by atoms with Crippen molar-refractivity contribution in [3.63, 3.8) is 0 Å². The first-order valence-electron chi connectivity index (χ1n) is 7.43. The fraction of sp³-hybridized carbons (Fsp3) is 0.471. The summed E-state index contributed by atoms with van der Waals surface area (Å²) >= 11 is 0. The maximum Gasteiger partial charge on any atom is 0.334 e. The van der Waals surface area contributed by atoms with Crippen LogP contribution in [0.25, 0.3) is 0 Å². The smallest absolute Gasteiger partial charge is 0.334 e. The average molecular weight is 324 g/mol. The summed E-state index contributed by atoms with van der Waals surface area (Å²) in [6.07, 6.45) is 4.79. The number of hydrogen-bond acceptors (Lipinski definition) is 4. The number of aliphatic carboxylic acids is 2. The van der Waals surface area contributed by atoms with E-state index in [4.69, 9.17) is 5.11 Å². The third-order valence-electron chi connectivity index (χ3n) is 3.34. The van der Waals surface area contributed by atoms with Gasteiger partial charge in [-0.2, -0.15) is 0 Å². The van der Waals surface area contributed by atoms with Crippen LogP contribution in [0.2, 0.25) is 0 Å². The van der Waals surface area contributed by atoms with Crippen molar-refractivity contribution >= 4 is 17.9 Å². The molecule has 0 radical (unpaired) electrons. The van der Waals surface area contributed by atoms with Crippen LogP contribution in [0.3, 0.4) is 0 Å². The third kappa shape index (κ3) is 6.95. The molecular formula is C17H24O6. The molecule has 6 heteroatoms. The second-order valence-electron chi connectivity index (χ2n) is 4.99. The molecule has 0 heterocycles. The van der Waals surface area contributed by atoms with Crippen LogP contribution in [0.5, 0.6) is 0 Å². The Morgan fingerprint density at radius 1 is 1.09 bits per heavy atom. The molecule has 0 spiro atoms. The Hall–Kier alpha value is -2.37. The summed E-state index contributed by atoms with van der Waals surface area (Å²) in [5, 5.41) is 18.4. The fourth-order valence-corrected chi connectivity index (χ4v) is 1.92. The first-order valence-corrected chi connectivity index (χ1v) is 7.43. The largest absolute Gasteiger partial charge is 0.478 e. The van der Waals surface area contributed by atoms with Gasteiger partial charge in [0.25, 0.3) is 0 Å². The lowest BCUT2D eigenvalue weighted by Crippen LogP contribution is -2.14. The van der Waals surface area contributed by atoms with E-state index in [9.17, 15) is 19.5 Å². The number of rotatable bonds is 10. The molecule has 0 amide bonds. The van der Waals surface area contributed by atoms with Crippen molar-refractivity contribution < 1.29 is 29.3 Å². The highest BCUT2D eigenvalue weighted by molar-refractivity contribution is 5.92. The second-order valence-corrected chi connectivity index (χ2v) is 4.99. The third-order valence-corrected chi connectivity index (χ3v) is 3.34. The van der Waals surface area contributed by atoms with Crippen molar-refractivity contribution in [2.24, 2.45) is 5.92 Å². The van der Waals surface area contributed by atoms with Gasteiger partial charge in [0.05, 0.1) is 7.11 Å².